The number of nitro benzene ring substituents is 1. The molecule has 0 saturated carbocycles. The maximum absolute atomic E-state index is 12.1. The van der Waals surface area contributed by atoms with Crippen LogP contribution in [0.5, 0.6) is 0 Å². The summed E-state index contributed by atoms with van der Waals surface area (Å²) in [5, 5.41) is 19.8. The number of carbonyl (C=O) groups is 2. The van der Waals surface area contributed by atoms with Gasteiger partial charge in [-0.2, -0.15) is 4.57 Å². The van der Waals surface area contributed by atoms with E-state index in [1.165, 1.54) is 47.3 Å². The number of pyridine rings is 1. The number of ketones is 1. The van der Waals surface area contributed by atoms with Crippen LogP contribution in [0.1, 0.15) is 20.7 Å². The number of nitro groups is 1. The molecule has 1 N–H and O–H groups in total. The van der Waals surface area contributed by atoms with Crippen molar-refractivity contribution in [1.29, 1.82) is 0 Å². The fourth-order valence-corrected chi connectivity index (χ4v) is 1.87. The summed E-state index contributed by atoms with van der Waals surface area (Å²) in [4.78, 5) is 33.3. The molecule has 21 heavy (non-hydrogen) atoms. The standard InChI is InChI=1S/C14H10N2O5/c17-13(11-5-1-2-6-12(11)16(20)21)9-15-7-3-4-10(8-15)14(18)19/h1-8H,9H2/p+1. The lowest BCUT2D eigenvalue weighted by Crippen LogP contribution is -2.38. The molecule has 0 fully saturated rings. The van der Waals surface area contributed by atoms with E-state index in [4.69, 9.17) is 5.11 Å². The van der Waals surface area contributed by atoms with Gasteiger partial charge in [0.25, 0.3) is 5.69 Å². The largest absolute Gasteiger partial charge is 0.477 e. The molecule has 0 bridgehead atoms. The number of carboxylic acid groups (broad SMARTS) is 1. The van der Waals surface area contributed by atoms with Crippen molar-refractivity contribution >= 4 is 17.4 Å². The third-order valence-electron chi connectivity index (χ3n) is 2.83. The number of carbonyl (C=O) groups excluding carboxylic acids is 1. The molecule has 1 aromatic heterocycles. The highest BCUT2D eigenvalue weighted by Gasteiger charge is 2.22. The van der Waals surface area contributed by atoms with E-state index in [1.807, 2.05) is 0 Å². The van der Waals surface area contributed by atoms with Crippen LogP contribution in [0.3, 0.4) is 0 Å². The molecule has 2 rings (SSSR count). The summed E-state index contributed by atoms with van der Waals surface area (Å²) in [6.45, 7) is -0.175. The Labute approximate surface area is 119 Å². The molecule has 1 aromatic carbocycles. The van der Waals surface area contributed by atoms with Crippen molar-refractivity contribution in [2.24, 2.45) is 0 Å². The first-order chi connectivity index (χ1) is 9.99. The minimum absolute atomic E-state index is 0.00396. The van der Waals surface area contributed by atoms with Gasteiger partial charge in [0.05, 0.1) is 4.92 Å². The zero-order valence-electron chi connectivity index (χ0n) is 10.8. The van der Waals surface area contributed by atoms with Crippen molar-refractivity contribution < 1.29 is 24.2 Å². The van der Waals surface area contributed by atoms with Gasteiger partial charge in [-0.05, 0) is 12.1 Å². The Hall–Kier alpha value is -3.09. The molecule has 0 aliphatic carbocycles. The smallest absolute Gasteiger partial charge is 0.341 e. The Balaban J connectivity index is 2.28. The highest BCUT2D eigenvalue weighted by Crippen LogP contribution is 2.18. The molecule has 1 heterocycles. The molecule has 0 unspecified atom stereocenters. The van der Waals surface area contributed by atoms with Gasteiger partial charge in [-0.1, -0.05) is 12.1 Å². The predicted octanol–water partition coefficient (Wildman–Crippen LogP) is 1.46. The summed E-state index contributed by atoms with van der Waals surface area (Å²) < 4.78 is 1.38. The van der Waals surface area contributed by atoms with Crippen LogP contribution in [0.4, 0.5) is 5.69 Å². The van der Waals surface area contributed by atoms with Gasteiger partial charge in [-0.3, -0.25) is 14.9 Å². The first kappa shape index (κ1) is 14.3. The SMILES string of the molecule is O=C(O)c1ccc[n+](CC(=O)c2ccccc2[N+](=O)[O-])c1. The van der Waals surface area contributed by atoms with E-state index in [-0.39, 0.29) is 23.4 Å². The number of nitrogens with zero attached hydrogens (tertiary/aromatic N) is 2. The van der Waals surface area contributed by atoms with Crippen molar-refractivity contribution in [1.82, 2.24) is 0 Å². The van der Waals surface area contributed by atoms with Gasteiger partial charge < -0.3 is 5.11 Å². The lowest BCUT2D eigenvalue weighted by Gasteiger charge is -2.00. The quantitative estimate of drug-likeness (QED) is 0.388. The van der Waals surface area contributed by atoms with E-state index in [0.717, 1.165) is 0 Å². The first-order valence-corrected chi connectivity index (χ1v) is 5.98. The summed E-state index contributed by atoms with van der Waals surface area (Å²) in [6.07, 6.45) is 2.83. The summed E-state index contributed by atoms with van der Waals surface area (Å²) in [6, 6.07) is 8.55. The number of carboxylic acids is 1. The molecule has 0 aliphatic rings. The molecule has 0 atom stereocenters. The number of rotatable bonds is 5. The van der Waals surface area contributed by atoms with E-state index in [9.17, 15) is 19.7 Å². The molecule has 0 saturated heterocycles. The van der Waals surface area contributed by atoms with E-state index >= 15 is 0 Å². The summed E-state index contributed by atoms with van der Waals surface area (Å²) in [7, 11) is 0. The second-order valence-electron chi connectivity index (χ2n) is 4.27. The highest BCUT2D eigenvalue weighted by atomic mass is 16.6. The van der Waals surface area contributed by atoms with E-state index in [2.05, 4.69) is 0 Å². The molecule has 0 amide bonds. The van der Waals surface area contributed by atoms with Crippen LogP contribution in [-0.4, -0.2) is 21.8 Å². The number of aromatic nitrogens is 1. The fraction of sp³-hybridized carbons (Fsp3) is 0.0714. The monoisotopic (exact) mass is 287 g/mol. The highest BCUT2D eigenvalue weighted by molar-refractivity contribution is 5.98. The van der Waals surface area contributed by atoms with E-state index in [0.29, 0.717) is 0 Å². The van der Waals surface area contributed by atoms with Crippen molar-refractivity contribution in [2.75, 3.05) is 0 Å². The van der Waals surface area contributed by atoms with Crippen LogP contribution in [0, 0.1) is 10.1 Å². The molecule has 7 nitrogen and oxygen atoms in total. The van der Waals surface area contributed by atoms with Crippen LogP contribution in [-0.2, 0) is 6.54 Å². The normalized spacial score (nSPS) is 10.1. The lowest BCUT2D eigenvalue weighted by atomic mass is 10.1. The number of benzene rings is 1. The third-order valence-corrected chi connectivity index (χ3v) is 2.83. The number of para-hydroxylation sites is 1. The van der Waals surface area contributed by atoms with Gasteiger partial charge >= 0.3 is 5.97 Å². The Kier molecular flexibility index (Phi) is 4.03. The molecule has 0 spiro atoms. The molecule has 0 radical (unpaired) electrons. The number of Topliss-reactive ketones (excluding diaryl/α,β-unsaturated/α-hetero) is 1. The van der Waals surface area contributed by atoms with Gasteiger partial charge in [0.1, 0.15) is 11.1 Å². The van der Waals surface area contributed by atoms with E-state index < -0.39 is 16.7 Å². The second kappa shape index (κ2) is 5.91. The Morgan fingerprint density at radius 2 is 1.90 bits per heavy atom. The van der Waals surface area contributed by atoms with Crippen molar-refractivity contribution in [3.05, 3.63) is 70.0 Å². The lowest BCUT2D eigenvalue weighted by molar-refractivity contribution is -0.683. The van der Waals surface area contributed by atoms with Crippen LogP contribution < -0.4 is 4.57 Å². The Bertz CT molecular complexity index is 727. The average Bonchev–Trinajstić information content (AvgIpc) is 2.47. The maximum Gasteiger partial charge on any atom is 0.341 e. The Morgan fingerprint density at radius 1 is 1.19 bits per heavy atom. The van der Waals surface area contributed by atoms with Gasteiger partial charge in [0.2, 0.25) is 12.3 Å². The number of hydrogen-bond donors (Lipinski definition) is 1. The zero-order chi connectivity index (χ0) is 15.4. The molecule has 0 aliphatic heterocycles. The number of aromatic carboxylic acids is 1. The van der Waals surface area contributed by atoms with Crippen LogP contribution in [0.2, 0.25) is 0 Å². The topological polar surface area (TPSA) is 101 Å². The zero-order valence-corrected chi connectivity index (χ0v) is 10.8. The fourth-order valence-electron chi connectivity index (χ4n) is 1.87. The van der Waals surface area contributed by atoms with Crippen LogP contribution in [0.25, 0.3) is 0 Å². The average molecular weight is 287 g/mol. The molecular weight excluding hydrogens is 276 g/mol. The third kappa shape index (κ3) is 3.27. The minimum Gasteiger partial charge on any atom is -0.477 e. The Morgan fingerprint density at radius 3 is 2.57 bits per heavy atom. The van der Waals surface area contributed by atoms with Gasteiger partial charge in [-0.15, -0.1) is 0 Å². The number of hydrogen-bond acceptors (Lipinski definition) is 4. The van der Waals surface area contributed by atoms with Gasteiger partial charge in [-0.25, -0.2) is 4.79 Å². The van der Waals surface area contributed by atoms with Crippen LogP contribution in [0.15, 0.2) is 48.8 Å². The van der Waals surface area contributed by atoms with Crippen molar-refractivity contribution in [3.63, 3.8) is 0 Å². The second-order valence-corrected chi connectivity index (χ2v) is 4.27. The minimum atomic E-state index is -1.11. The predicted molar refractivity (Wildman–Crippen MR) is 71.0 cm³/mol. The summed E-state index contributed by atoms with van der Waals surface area (Å²) in [5.74, 6) is -1.57. The molecular formula is C14H11N2O5+. The van der Waals surface area contributed by atoms with Gasteiger partial charge in [0, 0.05) is 12.1 Å². The summed E-state index contributed by atoms with van der Waals surface area (Å²) >= 11 is 0. The van der Waals surface area contributed by atoms with E-state index in [1.54, 1.807) is 6.07 Å². The van der Waals surface area contributed by atoms with Crippen LogP contribution >= 0.6 is 0 Å². The molecule has 2 aromatic rings. The van der Waals surface area contributed by atoms with Crippen molar-refractivity contribution in [2.45, 2.75) is 6.54 Å². The molecule has 7 heteroatoms. The van der Waals surface area contributed by atoms with Crippen molar-refractivity contribution in [3.8, 4) is 0 Å². The van der Waals surface area contributed by atoms with Gasteiger partial charge in [0.15, 0.2) is 12.4 Å². The summed E-state index contributed by atoms with van der Waals surface area (Å²) in [5.41, 5.74) is -0.235. The maximum atomic E-state index is 12.1. The first-order valence-electron chi connectivity index (χ1n) is 5.98. The molecule has 106 valence electrons.